The zero-order valence-electron chi connectivity index (χ0n) is 21.4. The molecule has 0 spiro atoms. The van der Waals surface area contributed by atoms with Crippen molar-refractivity contribution in [1.29, 1.82) is 0 Å². The number of carbonyl (C=O) groups is 2. The van der Waals surface area contributed by atoms with Gasteiger partial charge in [0.25, 0.3) is 11.7 Å². The Morgan fingerprint density at radius 2 is 1.74 bits per heavy atom. The minimum absolute atomic E-state index is 0.0837. The molecule has 2 fully saturated rings. The molecule has 2 heterocycles. The summed E-state index contributed by atoms with van der Waals surface area (Å²) in [5, 5.41) is 21.4. The number of ether oxygens (including phenoxy) is 2. The molecule has 1 unspecified atom stereocenters. The van der Waals surface area contributed by atoms with Gasteiger partial charge in [-0.3, -0.25) is 9.59 Å². The second-order valence-electron chi connectivity index (χ2n) is 9.13. The van der Waals surface area contributed by atoms with E-state index >= 15 is 0 Å². The Hall–Kier alpha value is -3.41. The predicted octanol–water partition coefficient (Wildman–Crippen LogP) is 3.03. The van der Waals surface area contributed by atoms with Crippen LogP contribution < -0.4 is 4.74 Å². The van der Waals surface area contributed by atoms with Crippen LogP contribution in [-0.4, -0.2) is 79.5 Å². The third-order valence-corrected chi connectivity index (χ3v) is 8.67. The molecule has 0 aromatic heterocycles. The van der Waals surface area contributed by atoms with Gasteiger partial charge in [0.15, 0.2) is 11.5 Å². The number of aliphatic hydroxyl groups excluding tert-OH is 1. The molecule has 4 rings (SSSR count). The molecule has 0 aliphatic carbocycles. The summed E-state index contributed by atoms with van der Waals surface area (Å²) in [7, 11) is -2.20. The fourth-order valence-corrected chi connectivity index (χ4v) is 6.33. The number of rotatable bonds is 9. The average molecular weight is 545 g/mol. The number of amides is 1. The highest BCUT2D eigenvalue weighted by Crippen LogP contribution is 2.41. The molecular formula is C27H32N2O8S. The van der Waals surface area contributed by atoms with Gasteiger partial charge in [-0.1, -0.05) is 12.5 Å². The number of piperidine rings is 1. The van der Waals surface area contributed by atoms with Crippen LogP contribution in [0.4, 0.5) is 0 Å². The van der Waals surface area contributed by atoms with E-state index in [1.807, 2.05) is 0 Å². The first-order valence-corrected chi connectivity index (χ1v) is 14.0. The summed E-state index contributed by atoms with van der Waals surface area (Å²) in [5.74, 6) is -2.03. The summed E-state index contributed by atoms with van der Waals surface area (Å²) in [4.78, 5) is 27.5. The van der Waals surface area contributed by atoms with Crippen LogP contribution in [0.3, 0.4) is 0 Å². The lowest BCUT2D eigenvalue weighted by atomic mass is 9.95. The lowest BCUT2D eigenvalue weighted by Gasteiger charge is -2.26. The number of ketones is 1. The van der Waals surface area contributed by atoms with E-state index in [2.05, 4.69) is 0 Å². The number of hydrogen-bond donors (Lipinski definition) is 2. The van der Waals surface area contributed by atoms with E-state index in [9.17, 15) is 28.2 Å². The fourth-order valence-electron chi connectivity index (χ4n) is 4.81. The van der Waals surface area contributed by atoms with Gasteiger partial charge >= 0.3 is 0 Å². The minimum Gasteiger partial charge on any atom is -0.507 e. The normalized spacial score (nSPS) is 20.2. The number of phenolic OH excluding ortho intramolecular Hbond substituents is 1. The van der Waals surface area contributed by atoms with E-state index in [1.165, 1.54) is 52.7 Å². The van der Waals surface area contributed by atoms with Crippen LogP contribution >= 0.6 is 0 Å². The second-order valence-corrected chi connectivity index (χ2v) is 11.1. The molecule has 1 atom stereocenters. The molecule has 204 valence electrons. The Labute approximate surface area is 222 Å². The summed E-state index contributed by atoms with van der Waals surface area (Å²) in [6, 6.07) is 9.14. The van der Waals surface area contributed by atoms with Gasteiger partial charge in [-0.2, -0.15) is 4.31 Å². The maximum Gasteiger partial charge on any atom is 0.295 e. The van der Waals surface area contributed by atoms with Crippen LogP contribution in [0.15, 0.2) is 52.9 Å². The Morgan fingerprint density at radius 1 is 1.05 bits per heavy atom. The molecule has 38 heavy (non-hydrogen) atoms. The largest absolute Gasteiger partial charge is 0.507 e. The van der Waals surface area contributed by atoms with E-state index in [4.69, 9.17) is 9.47 Å². The Bertz CT molecular complexity index is 1330. The topological polar surface area (TPSA) is 134 Å². The van der Waals surface area contributed by atoms with Crippen molar-refractivity contribution in [3.05, 3.63) is 59.2 Å². The van der Waals surface area contributed by atoms with Gasteiger partial charge in [0.05, 0.1) is 29.7 Å². The minimum atomic E-state index is -3.68. The zero-order valence-corrected chi connectivity index (χ0v) is 22.2. The van der Waals surface area contributed by atoms with Gasteiger partial charge in [-0.15, -0.1) is 0 Å². The van der Waals surface area contributed by atoms with E-state index < -0.39 is 33.5 Å². The lowest BCUT2D eigenvalue weighted by Crippen LogP contribution is -2.35. The van der Waals surface area contributed by atoms with Crippen molar-refractivity contribution < 1.29 is 37.7 Å². The summed E-state index contributed by atoms with van der Waals surface area (Å²) >= 11 is 0. The van der Waals surface area contributed by atoms with Gasteiger partial charge < -0.3 is 24.6 Å². The van der Waals surface area contributed by atoms with Crippen molar-refractivity contribution >= 4 is 27.5 Å². The average Bonchev–Trinajstić information content (AvgIpc) is 3.18. The molecule has 0 bridgehead atoms. The SMILES string of the molecule is CCOc1cc(C2/C(=C(\O)c3ccc(S(=O)(=O)N4CCCCC4)cc3)C(=O)C(=O)N2CCOC)ccc1O. The van der Waals surface area contributed by atoms with Gasteiger partial charge in [-0.05, 0) is 61.7 Å². The number of hydrogen-bond acceptors (Lipinski definition) is 8. The number of aromatic hydroxyl groups is 1. The summed E-state index contributed by atoms with van der Waals surface area (Å²) in [6.45, 7) is 3.21. The first kappa shape index (κ1) is 27.6. The number of phenols is 1. The number of sulfonamides is 1. The highest BCUT2D eigenvalue weighted by Gasteiger charge is 2.46. The number of carbonyl (C=O) groups excluding carboxylic acids is 2. The van der Waals surface area contributed by atoms with E-state index in [-0.39, 0.29) is 47.3 Å². The lowest BCUT2D eigenvalue weighted by molar-refractivity contribution is -0.140. The van der Waals surface area contributed by atoms with Crippen LogP contribution in [0.25, 0.3) is 5.76 Å². The zero-order chi connectivity index (χ0) is 27.4. The Kier molecular flexibility index (Phi) is 8.39. The molecule has 10 nitrogen and oxygen atoms in total. The van der Waals surface area contributed by atoms with Crippen molar-refractivity contribution in [3.63, 3.8) is 0 Å². The first-order valence-electron chi connectivity index (χ1n) is 12.5. The second kappa shape index (κ2) is 11.5. The van der Waals surface area contributed by atoms with Crippen LogP contribution in [-0.2, 0) is 24.3 Å². The molecule has 0 saturated carbocycles. The first-order chi connectivity index (χ1) is 18.2. The van der Waals surface area contributed by atoms with Gasteiger partial charge in [0.2, 0.25) is 10.0 Å². The fraction of sp³-hybridized carbons (Fsp3) is 0.407. The van der Waals surface area contributed by atoms with Crippen LogP contribution in [0.5, 0.6) is 11.5 Å². The number of benzene rings is 2. The highest BCUT2D eigenvalue weighted by atomic mass is 32.2. The maximum atomic E-state index is 13.2. The summed E-state index contributed by atoms with van der Waals surface area (Å²) < 4.78 is 38.1. The number of likely N-dealkylation sites (tertiary alicyclic amines) is 1. The van der Waals surface area contributed by atoms with E-state index in [1.54, 1.807) is 13.0 Å². The van der Waals surface area contributed by atoms with Crippen LogP contribution in [0.2, 0.25) is 0 Å². The highest BCUT2D eigenvalue weighted by molar-refractivity contribution is 7.89. The molecule has 2 aromatic rings. The molecule has 2 N–H and O–H groups in total. The predicted molar refractivity (Wildman–Crippen MR) is 139 cm³/mol. The third kappa shape index (κ3) is 5.27. The Balaban J connectivity index is 1.76. The molecule has 2 aliphatic rings. The molecule has 2 aliphatic heterocycles. The summed E-state index contributed by atoms with van der Waals surface area (Å²) in [5.41, 5.74) is 0.499. The van der Waals surface area contributed by atoms with Crippen molar-refractivity contribution in [2.24, 2.45) is 0 Å². The van der Waals surface area contributed by atoms with Gasteiger partial charge in [-0.25, -0.2) is 8.42 Å². The molecular weight excluding hydrogens is 512 g/mol. The smallest absolute Gasteiger partial charge is 0.295 e. The van der Waals surface area contributed by atoms with Crippen LogP contribution in [0, 0.1) is 0 Å². The standard InChI is InChI=1S/C27H32N2O8S/c1-3-37-22-17-19(9-12-21(22)30)24-23(26(32)27(33)29(24)15-16-36-2)25(31)18-7-10-20(11-8-18)38(34,35)28-13-5-4-6-14-28/h7-12,17,24,30-31H,3-6,13-16H2,1-2H3/b25-23+. The Morgan fingerprint density at radius 3 is 2.37 bits per heavy atom. The maximum absolute atomic E-state index is 13.2. The molecule has 2 saturated heterocycles. The van der Waals surface area contributed by atoms with Crippen molar-refractivity contribution in [2.75, 3.05) is 40.0 Å². The number of aliphatic hydroxyl groups is 1. The van der Waals surface area contributed by atoms with Gasteiger partial charge in [0, 0.05) is 32.3 Å². The van der Waals surface area contributed by atoms with Crippen LogP contribution in [0.1, 0.15) is 43.4 Å². The van der Waals surface area contributed by atoms with E-state index in [0.717, 1.165) is 19.3 Å². The molecule has 2 aromatic carbocycles. The number of nitrogens with zero attached hydrogens (tertiary/aromatic N) is 2. The quantitative estimate of drug-likeness (QED) is 0.280. The third-order valence-electron chi connectivity index (χ3n) is 6.76. The van der Waals surface area contributed by atoms with E-state index in [0.29, 0.717) is 18.7 Å². The van der Waals surface area contributed by atoms with Crippen molar-refractivity contribution in [3.8, 4) is 11.5 Å². The van der Waals surface area contributed by atoms with Crippen molar-refractivity contribution in [1.82, 2.24) is 9.21 Å². The monoisotopic (exact) mass is 544 g/mol. The summed E-state index contributed by atoms with van der Waals surface area (Å²) in [6.07, 6.45) is 2.61. The molecule has 1 amide bonds. The van der Waals surface area contributed by atoms with Crippen molar-refractivity contribution in [2.45, 2.75) is 37.1 Å². The molecule has 0 radical (unpaired) electrons. The van der Waals surface area contributed by atoms with Gasteiger partial charge in [0.1, 0.15) is 5.76 Å². The number of Topliss-reactive ketones (excluding diaryl/α,β-unsaturated/α-hetero) is 1. The molecule has 11 heteroatoms. The number of methoxy groups -OCH3 is 1.